The molecule has 0 bridgehead atoms. The van der Waals surface area contributed by atoms with Gasteiger partial charge in [0.15, 0.2) is 0 Å². The van der Waals surface area contributed by atoms with Crippen molar-refractivity contribution >= 4 is 0 Å². The zero-order valence-electron chi connectivity index (χ0n) is 17.7. The lowest BCUT2D eigenvalue weighted by atomic mass is 9.98. The first-order valence-electron chi connectivity index (χ1n) is 11.0. The van der Waals surface area contributed by atoms with Crippen molar-refractivity contribution in [3.05, 3.63) is 103 Å². The molecule has 0 aliphatic heterocycles. The van der Waals surface area contributed by atoms with Gasteiger partial charge in [-0.3, -0.25) is 4.98 Å². The van der Waals surface area contributed by atoms with Crippen LogP contribution in [0.25, 0.3) is 33.5 Å². The van der Waals surface area contributed by atoms with E-state index in [0.717, 1.165) is 11.3 Å². The molecule has 0 aliphatic carbocycles. The molecule has 30 heavy (non-hydrogen) atoms. The minimum atomic E-state index is 1.01. The van der Waals surface area contributed by atoms with E-state index in [1.54, 1.807) is 0 Å². The van der Waals surface area contributed by atoms with Crippen molar-refractivity contribution in [1.29, 1.82) is 0 Å². The number of nitrogens with zero attached hydrogens (tertiary/aromatic N) is 1. The van der Waals surface area contributed by atoms with Crippen LogP contribution < -0.4 is 0 Å². The van der Waals surface area contributed by atoms with Crippen LogP contribution in [-0.2, 0) is 6.42 Å². The lowest BCUT2D eigenvalue weighted by molar-refractivity contribution is 0.667. The average Bonchev–Trinajstić information content (AvgIpc) is 2.83. The van der Waals surface area contributed by atoms with Gasteiger partial charge in [-0.05, 0) is 58.9 Å². The predicted octanol–water partition coefficient (Wildman–Crippen LogP) is 8.21. The van der Waals surface area contributed by atoms with Gasteiger partial charge < -0.3 is 0 Å². The predicted molar refractivity (Wildman–Crippen MR) is 128 cm³/mol. The van der Waals surface area contributed by atoms with Crippen molar-refractivity contribution in [3.8, 4) is 33.5 Å². The van der Waals surface area contributed by atoms with Crippen LogP contribution >= 0.6 is 0 Å². The third-order valence-corrected chi connectivity index (χ3v) is 5.63. The standard InChI is InChI=1S/C29H29N/c1-2-3-4-6-10-23-15-17-25(18-16-23)26-13-9-14-28(21-26)29-22-27(19-20-30-29)24-11-7-5-8-12-24/h5,7-9,11-22H,2-4,6,10H2,1H3. The second kappa shape index (κ2) is 10.0. The van der Waals surface area contributed by atoms with Gasteiger partial charge in [-0.1, -0.05) is 99.0 Å². The van der Waals surface area contributed by atoms with Gasteiger partial charge in [0, 0.05) is 11.8 Å². The van der Waals surface area contributed by atoms with Crippen molar-refractivity contribution in [1.82, 2.24) is 4.98 Å². The molecule has 0 fully saturated rings. The number of hydrogen-bond donors (Lipinski definition) is 0. The van der Waals surface area contributed by atoms with E-state index in [4.69, 9.17) is 0 Å². The third-order valence-electron chi connectivity index (χ3n) is 5.63. The molecule has 0 radical (unpaired) electrons. The molecule has 1 nitrogen and oxygen atoms in total. The topological polar surface area (TPSA) is 12.9 Å². The Bertz CT molecular complexity index is 1060. The highest BCUT2D eigenvalue weighted by atomic mass is 14.7. The summed E-state index contributed by atoms with van der Waals surface area (Å²) < 4.78 is 0. The summed E-state index contributed by atoms with van der Waals surface area (Å²) in [5.74, 6) is 0. The minimum absolute atomic E-state index is 1.01. The van der Waals surface area contributed by atoms with Crippen LogP contribution in [0.5, 0.6) is 0 Å². The van der Waals surface area contributed by atoms with Crippen molar-refractivity contribution < 1.29 is 0 Å². The summed E-state index contributed by atoms with van der Waals surface area (Å²) >= 11 is 0. The largest absolute Gasteiger partial charge is 0.256 e. The first-order valence-corrected chi connectivity index (χ1v) is 11.0. The van der Waals surface area contributed by atoms with Gasteiger partial charge in [0.2, 0.25) is 0 Å². The van der Waals surface area contributed by atoms with E-state index in [1.165, 1.54) is 59.9 Å². The molecule has 0 unspecified atom stereocenters. The lowest BCUT2D eigenvalue weighted by Crippen LogP contribution is -1.88. The number of pyridine rings is 1. The minimum Gasteiger partial charge on any atom is -0.256 e. The molecular formula is C29H29N. The lowest BCUT2D eigenvalue weighted by Gasteiger charge is -2.08. The van der Waals surface area contributed by atoms with Gasteiger partial charge in [-0.15, -0.1) is 0 Å². The Kier molecular flexibility index (Phi) is 6.72. The maximum Gasteiger partial charge on any atom is 0.0708 e. The van der Waals surface area contributed by atoms with E-state index in [1.807, 2.05) is 12.3 Å². The summed E-state index contributed by atoms with van der Waals surface area (Å²) in [5.41, 5.74) is 8.48. The summed E-state index contributed by atoms with van der Waals surface area (Å²) in [7, 11) is 0. The Labute approximate surface area is 180 Å². The van der Waals surface area contributed by atoms with E-state index < -0.39 is 0 Å². The fourth-order valence-corrected chi connectivity index (χ4v) is 3.88. The molecular weight excluding hydrogens is 362 g/mol. The molecule has 0 amide bonds. The maximum absolute atomic E-state index is 4.63. The maximum atomic E-state index is 4.63. The number of aromatic nitrogens is 1. The Morgan fingerprint density at radius 1 is 0.567 bits per heavy atom. The van der Waals surface area contributed by atoms with E-state index in [2.05, 4.69) is 96.8 Å². The van der Waals surface area contributed by atoms with Crippen LogP contribution in [0.15, 0.2) is 97.2 Å². The average molecular weight is 392 g/mol. The van der Waals surface area contributed by atoms with E-state index in [9.17, 15) is 0 Å². The van der Waals surface area contributed by atoms with Crippen LogP contribution in [0.4, 0.5) is 0 Å². The van der Waals surface area contributed by atoms with Gasteiger partial charge in [0.25, 0.3) is 0 Å². The van der Waals surface area contributed by atoms with Crippen LogP contribution in [-0.4, -0.2) is 4.98 Å². The van der Waals surface area contributed by atoms with Gasteiger partial charge in [0.1, 0.15) is 0 Å². The van der Waals surface area contributed by atoms with E-state index in [-0.39, 0.29) is 0 Å². The number of benzene rings is 3. The highest BCUT2D eigenvalue weighted by Crippen LogP contribution is 2.28. The van der Waals surface area contributed by atoms with Crippen molar-refractivity contribution in [3.63, 3.8) is 0 Å². The molecule has 0 N–H and O–H groups in total. The van der Waals surface area contributed by atoms with Crippen molar-refractivity contribution in [2.24, 2.45) is 0 Å². The zero-order chi connectivity index (χ0) is 20.6. The van der Waals surface area contributed by atoms with Crippen LogP contribution in [0.2, 0.25) is 0 Å². The van der Waals surface area contributed by atoms with Gasteiger partial charge in [0.05, 0.1) is 5.69 Å². The molecule has 1 heterocycles. The van der Waals surface area contributed by atoms with Crippen molar-refractivity contribution in [2.45, 2.75) is 39.0 Å². The Morgan fingerprint density at radius 3 is 2.07 bits per heavy atom. The van der Waals surface area contributed by atoms with Crippen LogP contribution in [0, 0.1) is 0 Å². The fraction of sp³-hybridized carbons (Fsp3) is 0.207. The quantitative estimate of drug-likeness (QED) is 0.276. The first kappa shape index (κ1) is 20.1. The summed E-state index contributed by atoms with van der Waals surface area (Å²) in [6, 6.07) is 32.5. The Morgan fingerprint density at radius 2 is 1.27 bits per heavy atom. The normalized spacial score (nSPS) is 10.8. The monoisotopic (exact) mass is 391 g/mol. The van der Waals surface area contributed by atoms with Gasteiger partial charge in [-0.25, -0.2) is 0 Å². The summed E-state index contributed by atoms with van der Waals surface area (Å²) in [5, 5.41) is 0. The fourth-order valence-electron chi connectivity index (χ4n) is 3.88. The molecule has 0 spiro atoms. The molecule has 150 valence electrons. The molecule has 3 aromatic carbocycles. The molecule has 1 aromatic heterocycles. The summed E-state index contributed by atoms with van der Waals surface area (Å²) in [6.07, 6.45) is 8.32. The number of rotatable bonds is 8. The third kappa shape index (κ3) is 5.04. The molecule has 0 atom stereocenters. The summed E-state index contributed by atoms with van der Waals surface area (Å²) in [6.45, 7) is 2.26. The first-order chi connectivity index (χ1) is 14.8. The molecule has 4 aromatic rings. The van der Waals surface area contributed by atoms with Crippen LogP contribution in [0.3, 0.4) is 0 Å². The van der Waals surface area contributed by atoms with Gasteiger partial charge in [-0.2, -0.15) is 0 Å². The second-order valence-corrected chi connectivity index (χ2v) is 7.88. The molecule has 4 rings (SSSR count). The van der Waals surface area contributed by atoms with E-state index in [0.29, 0.717) is 0 Å². The SMILES string of the molecule is CCCCCCc1ccc(-c2cccc(-c3cc(-c4ccccc4)ccn3)c2)cc1. The molecule has 0 aliphatic rings. The van der Waals surface area contributed by atoms with E-state index >= 15 is 0 Å². The number of unbranched alkanes of at least 4 members (excludes halogenated alkanes) is 3. The molecule has 0 saturated carbocycles. The highest BCUT2D eigenvalue weighted by Gasteiger charge is 2.05. The number of aryl methyl sites for hydroxylation is 1. The Balaban J connectivity index is 1.53. The second-order valence-electron chi connectivity index (χ2n) is 7.88. The zero-order valence-corrected chi connectivity index (χ0v) is 17.7. The van der Waals surface area contributed by atoms with Crippen molar-refractivity contribution in [2.75, 3.05) is 0 Å². The number of hydrogen-bond acceptors (Lipinski definition) is 1. The van der Waals surface area contributed by atoms with Gasteiger partial charge >= 0.3 is 0 Å². The smallest absolute Gasteiger partial charge is 0.0708 e. The highest BCUT2D eigenvalue weighted by molar-refractivity contribution is 5.74. The molecule has 1 heteroatoms. The Hall–Kier alpha value is -3.19. The van der Waals surface area contributed by atoms with Crippen LogP contribution in [0.1, 0.15) is 38.2 Å². The summed E-state index contributed by atoms with van der Waals surface area (Å²) in [4.78, 5) is 4.63. The molecule has 0 saturated heterocycles.